The van der Waals surface area contributed by atoms with E-state index in [9.17, 15) is 0 Å². The monoisotopic (exact) mass is 460 g/mol. The van der Waals surface area contributed by atoms with Crippen LogP contribution < -0.4 is 21.2 Å². The van der Waals surface area contributed by atoms with Gasteiger partial charge in [-0.3, -0.25) is 0 Å². The van der Waals surface area contributed by atoms with Crippen molar-refractivity contribution in [2.75, 3.05) is 6.26 Å². The Morgan fingerprint density at radius 2 is 1.00 bits per heavy atom. The summed E-state index contributed by atoms with van der Waals surface area (Å²) in [6.45, 7) is 8.98. The van der Waals surface area contributed by atoms with Gasteiger partial charge in [-0.25, -0.2) is 8.42 Å². The molecule has 0 bridgehead atoms. The maximum atomic E-state index is 9.08. The number of benzene rings is 2. The van der Waals surface area contributed by atoms with E-state index in [1.54, 1.807) is 0 Å². The van der Waals surface area contributed by atoms with Crippen molar-refractivity contribution in [1.29, 1.82) is 0 Å². The molecule has 132 valence electrons. The second kappa shape index (κ2) is 9.53. The van der Waals surface area contributed by atoms with E-state index in [0.717, 1.165) is 0 Å². The molecule has 0 heterocycles. The first-order valence-electron chi connectivity index (χ1n) is 7.82. The molecular formula is C19H25IO3S. The summed E-state index contributed by atoms with van der Waals surface area (Å²) in [7, 11) is -3.92. The summed E-state index contributed by atoms with van der Waals surface area (Å²) in [4.78, 5) is 0. The molecule has 0 saturated carbocycles. The van der Waals surface area contributed by atoms with Crippen molar-refractivity contribution < 1.29 is 34.2 Å². The first-order chi connectivity index (χ1) is 11.1. The zero-order valence-electron chi connectivity index (χ0n) is 14.8. The van der Waals surface area contributed by atoms with Crippen LogP contribution in [0, 0.1) is 7.14 Å². The fraction of sp³-hybridized carbons (Fsp3) is 0.368. The minimum atomic E-state index is -3.92. The third kappa shape index (κ3) is 8.80. The van der Waals surface area contributed by atoms with Gasteiger partial charge < -0.3 is 4.55 Å². The van der Waals surface area contributed by atoms with Gasteiger partial charge in [-0.2, -0.15) is 0 Å². The Labute approximate surface area is 156 Å². The molecule has 2 aromatic carbocycles. The van der Waals surface area contributed by atoms with E-state index >= 15 is 0 Å². The third-order valence-corrected chi connectivity index (χ3v) is 5.98. The molecule has 0 saturated heterocycles. The molecule has 3 nitrogen and oxygen atoms in total. The summed E-state index contributed by atoms with van der Waals surface area (Å²) in [5.41, 5.74) is 2.87. The van der Waals surface area contributed by atoms with Gasteiger partial charge in [0.05, 0.1) is 10.1 Å². The van der Waals surface area contributed by atoms with E-state index in [4.69, 9.17) is 13.0 Å². The van der Waals surface area contributed by atoms with Crippen molar-refractivity contribution >= 4 is 10.1 Å². The van der Waals surface area contributed by atoms with Gasteiger partial charge in [0.1, 0.15) is 0 Å². The summed E-state index contributed by atoms with van der Waals surface area (Å²) < 4.78 is 30.2. The maximum Gasteiger partial charge on any atom is 0.357 e. The zero-order chi connectivity index (χ0) is 18.3. The molecule has 0 unspecified atom stereocenters. The van der Waals surface area contributed by atoms with Crippen LogP contribution in [0.4, 0.5) is 0 Å². The van der Waals surface area contributed by atoms with E-state index in [2.05, 4.69) is 76.2 Å². The average molecular weight is 460 g/mol. The molecule has 2 rings (SSSR count). The van der Waals surface area contributed by atoms with E-state index in [0.29, 0.717) is 18.1 Å². The predicted molar refractivity (Wildman–Crippen MR) is 94.1 cm³/mol. The molecule has 0 spiro atoms. The lowest BCUT2D eigenvalue weighted by Gasteiger charge is -2.03. The van der Waals surface area contributed by atoms with Crippen LogP contribution in [0.15, 0.2) is 48.5 Å². The van der Waals surface area contributed by atoms with Gasteiger partial charge in [-0.1, -0.05) is 52.0 Å². The minimum absolute atomic E-state index is 0.0366. The largest absolute Gasteiger partial charge is 0.748 e. The minimum Gasteiger partial charge on any atom is -0.748 e. The maximum absolute atomic E-state index is 9.08. The Morgan fingerprint density at radius 1 is 0.750 bits per heavy atom. The van der Waals surface area contributed by atoms with Crippen LogP contribution in [0.2, 0.25) is 0 Å². The van der Waals surface area contributed by atoms with Crippen molar-refractivity contribution in [2.45, 2.75) is 39.5 Å². The van der Waals surface area contributed by atoms with Crippen LogP contribution >= 0.6 is 0 Å². The zero-order valence-corrected chi connectivity index (χ0v) is 17.8. The molecule has 2 aromatic rings. The highest BCUT2D eigenvalue weighted by atomic mass is 127. The van der Waals surface area contributed by atoms with Crippen molar-refractivity contribution in [2.24, 2.45) is 0 Å². The van der Waals surface area contributed by atoms with Gasteiger partial charge in [0.2, 0.25) is 0 Å². The summed E-state index contributed by atoms with van der Waals surface area (Å²) in [6, 6.07) is 18.3. The van der Waals surface area contributed by atoms with Crippen LogP contribution in [0.25, 0.3) is 0 Å². The number of hydrogen-bond donors (Lipinski definition) is 0. The fourth-order valence-electron chi connectivity index (χ4n) is 1.95. The molecule has 0 atom stereocenters. The van der Waals surface area contributed by atoms with Gasteiger partial charge in [-0.15, -0.1) is 0 Å². The van der Waals surface area contributed by atoms with Crippen molar-refractivity contribution in [3.8, 4) is 0 Å². The van der Waals surface area contributed by atoms with Crippen LogP contribution in [0.1, 0.15) is 50.7 Å². The van der Waals surface area contributed by atoms with Gasteiger partial charge in [0.25, 0.3) is 0 Å². The normalized spacial score (nSPS) is 11.3. The average Bonchev–Trinajstić information content (AvgIpc) is 2.46. The molecule has 0 aromatic heterocycles. The topological polar surface area (TPSA) is 57.2 Å². The van der Waals surface area contributed by atoms with E-state index in [1.165, 1.54) is 18.3 Å². The van der Waals surface area contributed by atoms with Crippen LogP contribution in [0.3, 0.4) is 0 Å². The standard InChI is InChI=1S/C18H22I.CH4O3S/c1-13(2)15-5-9-17(10-6-15)19-18-11-7-16(8-12-18)14(3)4;1-5(2,3)4/h5-14H,1-4H3;1H3,(H,2,3,4)/q+1;/p-1. The number of rotatable bonds is 4. The molecule has 5 heteroatoms. The first kappa shape index (κ1) is 21.1. The summed E-state index contributed by atoms with van der Waals surface area (Å²) in [5.74, 6) is 1.25. The summed E-state index contributed by atoms with van der Waals surface area (Å²) in [5, 5.41) is 0. The molecule has 0 N–H and O–H groups in total. The second-order valence-corrected chi connectivity index (χ2v) is 10.7. The number of hydrogen-bond acceptors (Lipinski definition) is 3. The highest BCUT2D eigenvalue weighted by molar-refractivity contribution is 7.84. The fourth-order valence-corrected chi connectivity index (χ4v) is 4.10. The lowest BCUT2D eigenvalue weighted by Crippen LogP contribution is -3.61. The van der Waals surface area contributed by atoms with E-state index < -0.39 is 10.1 Å². The van der Waals surface area contributed by atoms with Crippen LogP contribution in [0.5, 0.6) is 0 Å². The molecule has 0 aliphatic heterocycles. The highest BCUT2D eigenvalue weighted by Crippen LogP contribution is 2.13. The Morgan fingerprint density at radius 3 is 1.21 bits per heavy atom. The van der Waals surface area contributed by atoms with Crippen molar-refractivity contribution in [1.82, 2.24) is 0 Å². The second-order valence-electron chi connectivity index (χ2n) is 6.21. The van der Waals surface area contributed by atoms with Crippen LogP contribution in [-0.4, -0.2) is 19.2 Å². The summed E-state index contributed by atoms with van der Waals surface area (Å²) in [6.07, 6.45) is 0.604. The van der Waals surface area contributed by atoms with Gasteiger partial charge in [0.15, 0.2) is 7.14 Å². The molecule has 0 radical (unpaired) electrons. The molecule has 0 aliphatic rings. The lowest BCUT2D eigenvalue weighted by molar-refractivity contribution is -0.597. The van der Waals surface area contributed by atoms with Gasteiger partial charge >= 0.3 is 21.2 Å². The molecule has 0 amide bonds. The highest BCUT2D eigenvalue weighted by Gasteiger charge is 2.15. The molecule has 24 heavy (non-hydrogen) atoms. The van der Waals surface area contributed by atoms with Crippen molar-refractivity contribution in [3.05, 3.63) is 66.8 Å². The van der Waals surface area contributed by atoms with E-state index in [1.807, 2.05) is 0 Å². The third-order valence-electron chi connectivity index (χ3n) is 3.29. The summed E-state index contributed by atoms with van der Waals surface area (Å²) >= 11 is -0.0366. The molecular weight excluding hydrogens is 435 g/mol. The SMILES string of the molecule is CC(C)c1ccc([I+]c2ccc(C(C)C)cc2)cc1.CS(=O)(=O)[O-]. The van der Waals surface area contributed by atoms with Crippen molar-refractivity contribution in [3.63, 3.8) is 0 Å². The molecule has 0 aliphatic carbocycles. The Kier molecular flexibility index (Phi) is 8.39. The van der Waals surface area contributed by atoms with Gasteiger partial charge in [-0.05, 0) is 47.2 Å². The van der Waals surface area contributed by atoms with Gasteiger partial charge in [0, 0.05) is 6.26 Å². The quantitative estimate of drug-likeness (QED) is 0.510. The predicted octanol–water partition coefficient (Wildman–Crippen LogP) is 1.22. The van der Waals surface area contributed by atoms with Crippen LogP contribution in [-0.2, 0) is 10.1 Å². The Bertz CT molecular complexity index is 661. The lowest BCUT2D eigenvalue weighted by atomic mass is 10.0. The Hall–Kier alpha value is -0.920. The first-order valence-corrected chi connectivity index (χ1v) is 11.8. The smallest absolute Gasteiger partial charge is 0.357 e. The number of halogens is 1. The molecule has 0 fully saturated rings. The van der Waals surface area contributed by atoms with E-state index in [-0.39, 0.29) is 21.2 Å². The Balaban J connectivity index is 0.000000505.